The molecule has 0 saturated carbocycles. The SMILES string of the molecule is CC[C@@H](C)NC(=O)c1ccc(NC(=S)N2C[C@H]3C[C@@H](C2)c2cccc(=O)n2C3)cc1. The Bertz CT molecular complexity index is 1000. The molecule has 6 nitrogen and oxygen atoms in total. The van der Waals surface area contributed by atoms with Gasteiger partial charge in [-0.15, -0.1) is 0 Å². The fraction of sp³-hybridized carbons (Fsp3) is 0.435. The molecule has 30 heavy (non-hydrogen) atoms. The number of hydrogen-bond acceptors (Lipinski definition) is 3. The first-order chi connectivity index (χ1) is 14.4. The van der Waals surface area contributed by atoms with Crippen molar-refractivity contribution in [3.63, 3.8) is 0 Å². The average molecular weight is 425 g/mol. The van der Waals surface area contributed by atoms with Crippen LogP contribution in [0.25, 0.3) is 0 Å². The molecule has 0 spiro atoms. The lowest BCUT2D eigenvalue weighted by Gasteiger charge is -2.43. The van der Waals surface area contributed by atoms with Crippen LogP contribution in [0, 0.1) is 5.92 Å². The number of pyridine rings is 1. The van der Waals surface area contributed by atoms with Gasteiger partial charge in [0.1, 0.15) is 0 Å². The monoisotopic (exact) mass is 424 g/mol. The Balaban J connectivity index is 1.40. The molecule has 1 fully saturated rings. The Morgan fingerprint density at radius 2 is 1.93 bits per heavy atom. The van der Waals surface area contributed by atoms with E-state index in [4.69, 9.17) is 12.2 Å². The maximum absolute atomic E-state index is 12.2. The number of aromatic nitrogens is 1. The van der Waals surface area contributed by atoms with Gasteiger partial charge in [0.05, 0.1) is 0 Å². The van der Waals surface area contributed by atoms with E-state index in [2.05, 4.69) is 21.6 Å². The van der Waals surface area contributed by atoms with E-state index < -0.39 is 0 Å². The van der Waals surface area contributed by atoms with Crippen LogP contribution in [0.5, 0.6) is 0 Å². The van der Waals surface area contributed by atoms with Crippen LogP contribution in [0.2, 0.25) is 0 Å². The lowest BCUT2D eigenvalue weighted by atomic mass is 9.83. The minimum absolute atomic E-state index is 0.0590. The summed E-state index contributed by atoms with van der Waals surface area (Å²) in [6, 6.07) is 13.1. The van der Waals surface area contributed by atoms with Crippen molar-refractivity contribution in [3.05, 3.63) is 64.1 Å². The molecule has 7 heteroatoms. The minimum atomic E-state index is -0.0590. The number of nitrogens with zero attached hydrogens (tertiary/aromatic N) is 2. The molecular weight excluding hydrogens is 396 g/mol. The molecule has 0 unspecified atom stereocenters. The number of fused-ring (bicyclic) bond motifs is 4. The van der Waals surface area contributed by atoms with Crippen molar-refractivity contribution in [2.24, 2.45) is 5.92 Å². The van der Waals surface area contributed by atoms with Gasteiger partial charge >= 0.3 is 0 Å². The maximum atomic E-state index is 12.2. The first-order valence-electron chi connectivity index (χ1n) is 10.6. The van der Waals surface area contributed by atoms with Crippen molar-refractivity contribution in [3.8, 4) is 0 Å². The molecule has 1 saturated heterocycles. The maximum Gasteiger partial charge on any atom is 0.251 e. The second-order valence-corrected chi connectivity index (χ2v) is 8.78. The van der Waals surface area contributed by atoms with Crippen LogP contribution in [-0.4, -0.2) is 39.6 Å². The second-order valence-electron chi connectivity index (χ2n) is 8.39. The zero-order valence-electron chi connectivity index (χ0n) is 17.4. The number of carbonyl (C=O) groups excluding carboxylic acids is 1. The van der Waals surface area contributed by atoms with E-state index in [0.29, 0.717) is 22.5 Å². The lowest BCUT2D eigenvalue weighted by Crippen LogP contribution is -2.50. The van der Waals surface area contributed by atoms with Crippen molar-refractivity contribution >= 4 is 28.9 Å². The number of carbonyl (C=O) groups is 1. The van der Waals surface area contributed by atoms with Gasteiger partial charge in [-0.25, -0.2) is 0 Å². The fourth-order valence-electron chi connectivity index (χ4n) is 4.38. The normalized spacial score (nSPS) is 20.8. The first kappa shape index (κ1) is 20.6. The Hall–Kier alpha value is -2.67. The highest BCUT2D eigenvalue weighted by Gasteiger charge is 2.35. The molecule has 3 atom stereocenters. The molecule has 2 aromatic rings. The molecule has 3 heterocycles. The van der Waals surface area contributed by atoms with E-state index in [1.165, 1.54) is 0 Å². The quantitative estimate of drug-likeness (QED) is 0.738. The number of hydrogen-bond donors (Lipinski definition) is 2. The van der Waals surface area contributed by atoms with E-state index in [-0.39, 0.29) is 17.5 Å². The molecule has 2 bridgehead atoms. The van der Waals surface area contributed by atoms with E-state index in [1.54, 1.807) is 6.07 Å². The molecule has 1 amide bonds. The highest BCUT2D eigenvalue weighted by Crippen LogP contribution is 2.35. The van der Waals surface area contributed by atoms with Crippen molar-refractivity contribution < 1.29 is 4.79 Å². The summed E-state index contributed by atoms with van der Waals surface area (Å²) < 4.78 is 1.93. The Kier molecular flexibility index (Phi) is 5.90. The minimum Gasteiger partial charge on any atom is -0.350 e. The molecule has 2 aliphatic rings. The van der Waals surface area contributed by atoms with Crippen LogP contribution in [0.4, 0.5) is 5.69 Å². The van der Waals surface area contributed by atoms with Crippen LogP contribution in [0.1, 0.15) is 48.7 Å². The van der Waals surface area contributed by atoms with Gasteiger partial charge in [0.15, 0.2) is 5.11 Å². The summed E-state index contributed by atoms with van der Waals surface area (Å²) in [5, 5.41) is 6.97. The third-order valence-corrected chi connectivity index (χ3v) is 6.52. The second kappa shape index (κ2) is 8.60. The zero-order chi connectivity index (χ0) is 21.3. The van der Waals surface area contributed by atoms with Crippen molar-refractivity contribution in [1.82, 2.24) is 14.8 Å². The van der Waals surface area contributed by atoms with Gasteiger partial charge < -0.3 is 20.1 Å². The summed E-state index contributed by atoms with van der Waals surface area (Å²) in [5.41, 5.74) is 2.71. The molecule has 1 aromatic carbocycles. The van der Waals surface area contributed by atoms with Crippen LogP contribution < -0.4 is 16.2 Å². The van der Waals surface area contributed by atoms with Gasteiger partial charge in [0.2, 0.25) is 0 Å². The Labute approximate surface area is 182 Å². The van der Waals surface area contributed by atoms with Crippen LogP contribution in [0.15, 0.2) is 47.3 Å². The van der Waals surface area contributed by atoms with Gasteiger partial charge in [0.25, 0.3) is 11.5 Å². The van der Waals surface area contributed by atoms with E-state index in [0.717, 1.165) is 43.9 Å². The smallest absolute Gasteiger partial charge is 0.251 e. The van der Waals surface area contributed by atoms with Gasteiger partial charge in [-0.05, 0) is 68.2 Å². The number of nitrogens with one attached hydrogen (secondary N) is 2. The fourth-order valence-corrected chi connectivity index (χ4v) is 4.65. The van der Waals surface area contributed by atoms with Crippen LogP contribution >= 0.6 is 12.2 Å². The number of amides is 1. The largest absolute Gasteiger partial charge is 0.350 e. The predicted molar refractivity (Wildman–Crippen MR) is 123 cm³/mol. The third-order valence-electron chi connectivity index (χ3n) is 6.16. The van der Waals surface area contributed by atoms with Crippen molar-refractivity contribution in [1.29, 1.82) is 0 Å². The van der Waals surface area contributed by atoms with E-state index >= 15 is 0 Å². The number of benzene rings is 1. The highest BCUT2D eigenvalue weighted by molar-refractivity contribution is 7.80. The summed E-state index contributed by atoms with van der Waals surface area (Å²) in [4.78, 5) is 26.6. The summed E-state index contributed by atoms with van der Waals surface area (Å²) in [6.45, 7) is 6.45. The molecule has 2 aliphatic heterocycles. The molecular formula is C23H28N4O2S. The first-order valence-corrected chi connectivity index (χ1v) is 11.0. The molecule has 0 aliphatic carbocycles. The van der Waals surface area contributed by atoms with Crippen molar-refractivity contribution in [2.75, 3.05) is 18.4 Å². The molecule has 4 rings (SSSR count). The third kappa shape index (κ3) is 4.26. The number of piperidine rings is 1. The number of likely N-dealkylation sites (tertiary alicyclic amines) is 1. The van der Waals surface area contributed by atoms with Crippen LogP contribution in [-0.2, 0) is 6.54 Å². The van der Waals surface area contributed by atoms with Crippen molar-refractivity contribution in [2.45, 2.75) is 45.2 Å². The van der Waals surface area contributed by atoms with Gasteiger partial charge in [-0.2, -0.15) is 0 Å². The molecule has 0 radical (unpaired) electrons. The zero-order valence-corrected chi connectivity index (χ0v) is 18.2. The lowest BCUT2D eigenvalue weighted by molar-refractivity contribution is 0.0939. The summed E-state index contributed by atoms with van der Waals surface area (Å²) >= 11 is 5.68. The standard InChI is InChI=1S/C23H28N4O2S/c1-3-15(2)24-22(29)17-7-9-19(10-8-17)25-23(30)26-12-16-11-18(14-26)20-5-4-6-21(28)27(20)13-16/h4-10,15-16,18H,3,11-14H2,1-2H3,(H,24,29)(H,25,30)/t15-,16-,18+/m1/s1. The summed E-state index contributed by atoms with van der Waals surface area (Å²) in [6.07, 6.45) is 2.00. The molecule has 2 N–H and O–H groups in total. The summed E-state index contributed by atoms with van der Waals surface area (Å²) in [7, 11) is 0. The predicted octanol–water partition coefficient (Wildman–Crippen LogP) is 3.19. The number of rotatable bonds is 4. The van der Waals surface area contributed by atoms with E-state index in [1.807, 2.05) is 48.7 Å². The summed E-state index contributed by atoms with van der Waals surface area (Å²) in [5.74, 6) is 0.678. The highest BCUT2D eigenvalue weighted by atomic mass is 32.1. The topological polar surface area (TPSA) is 66.4 Å². The molecule has 158 valence electrons. The Morgan fingerprint density at radius 3 is 2.67 bits per heavy atom. The van der Waals surface area contributed by atoms with E-state index in [9.17, 15) is 9.59 Å². The molecule has 1 aromatic heterocycles. The van der Waals surface area contributed by atoms with Gasteiger partial charge in [-0.1, -0.05) is 13.0 Å². The van der Waals surface area contributed by atoms with Gasteiger partial charge in [0, 0.05) is 54.6 Å². The Morgan fingerprint density at radius 1 is 1.17 bits per heavy atom. The van der Waals surface area contributed by atoms with Gasteiger partial charge in [-0.3, -0.25) is 9.59 Å². The van der Waals surface area contributed by atoms with Crippen LogP contribution in [0.3, 0.4) is 0 Å². The number of thiocarbonyl (C=S) groups is 1. The average Bonchev–Trinajstić information content (AvgIpc) is 2.74. The number of anilines is 1.